The van der Waals surface area contributed by atoms with Crippen molar-refractivity contribution in [3.05, 3.63) is 35.8 Å². The second kappa shape index (κ2) is 8.43. The van der Waals surface area contributed by atoms with Gasteiger partial charge in [-0.15, -0.1) is 0 Å². The van der Waals surface area contributed by atoms with Gasteiger partial charge in [0.05, 0.1) is 11.7 Å². The van der Waals surface area contributed by atoms with Gasteiger partial charge in [0, 0.05) is 55.1 Å². The fraction of sp³-hybridized carbons (Fsp3) is 0.667. The quantitative estimate of drug-likeness (QED) is 0.788. The Balaban J connectivity index is 1.43. The predicted octanol–water partition coefficient (Wildman–Crippen LogP) is 2.86. The van der Waals surface area contributed by atoms with Gasteiger partial charge in [0.25, 0.3) is 0 Å². The largest absolute Gasteiger partial charge is 0.366 e. The molecule has 0 amide bonds. The number of nitrogens with zero attached hydrogens (tertiary/aromatic N) is 5. The first-order valence-corrected chi connectivity index (χ1v) is 12.0. The maximum atomic E-state index is 6.14. The van der Waals surface area contributed by atoms with Gasteiger partial charge in [0.15, 0.2) is 5.65 Å². The second-order valence-electron chi connectivity index (χ2n) is 9.89. The van der Waals surface area contributed by atoms with Gasteiger partial charge in [-0.1, -0.05) is 13.5 Å². The van der Waals surface area contributed by atoms with Crippen LogP contribution in [0.2, 0.25) is 0 Å². The molecule has 0 bridgehead atoms. The van der Waals surface area contributed by atoms with Gasteiger partial charge in [-0.2, -0.15) is 5.10 Å². The van der Waals surface area contributed by atoms with Gasteiger partial charge in [-0.25, -0.2) is 9.50 Å². The van der Waals surface area contributed by atoms with Crippen LogP contribution in [0.1, 0.15) is 56.3 Å². The summed E-state index contributed by atoms with van der Waals surface area (Å²) in [4.78, 5) is 9.88. The molecule has 2 aromatic heterocycles. The van der Waals surface area contributed by atoms with E-state index >= 15 is 0 Å². The molecule has 7 nitrogen and oxygen atoms in total. The first kappa shape index (κ1) is 20.8. The molecule has 2 aromatic rings. The number of anilines is 1. The molecular weight excluding hydrogens is 386 g/mol. The molecule has 5 heterocycles. The Morgan fingerprint density at radius 3 is 2.87 bits per heavy atom. The van der Waals surface area contributed by atoms with Crippen molar-refractivity contribution in [2.75, 3.05) is 37.6 Å². The van der Waals surface area contributed by atoms with Crippen LogP contribution in [0.4, 0.5) is 5.82 Å². The molecule has 5 rings (SSSR count). The van der Waals surface area contributed by atoms with Crippen LogP contribution in [0, 0.1) is 18.8 Å². The Morgan fingerprint density at radius 1 is 1.23 bits per heavy atom. The molecule has 0 spiro atoms. The Hall–Kier alpha value is -2.12. The molecule has 0 aliphatic carbocycles. The van der Waals surface area contributed by atoms with E-state index < -0.39 is 0 Å². The lowest BCUT2D eigenvalue weighted by atomic mass is 9.83. The normalized spacial score (nSPS) is 29.6. The van der Waals surface area contributed by atoms with Gasteiger partial charge in [0.1, 0.15) is 5.82 Å². The predicted molar refractivity (Wildman–Crippen MR) is 125 cm³/mol. The number of likely N-dealkylation sites (tertiary alicyclic amines) is 1. The molecule has 3 N–H and O–H groups in total. The van der Waals surface area contributed by atoms with E-state index in [-0.39, 0.29) is 6.04 Å². The van der Waals surface area contributed by atoms with Crippen LogP contribution in [0.3, 0.4) is 0 Å². The standard InChI is InChI=1S/C24H37N7/c1-16-13-26-9-7-20(16)18(3)30-10-5-4-6-22(30)21-12-23-27-24(17(2)14-31(23)28-21)29-11-8-19(25)15-29/h12,14,16,19-20,22,26H,3-11,13,15,25H2,1-2H3/t16?,19-,20?,22-/m0/s1. The number of fused-ring (bicyclic) bond motifs is 1. The van der Waals surface area contributed by atoms with Gasteiger partial charge in [-0.3, -0.25) is 0 Å². The lowest BCUT2D eigenvalue weighted by Gasteiger charge is -2.43. The highest BCUT2D eigenvalue weighted by molar-refractivity contribution is 5.54. The summed E-state index contributed by atoms with van der Waals surface area (Å²) < 4.78 is 1.97. The third-order valence-electron chi connectivity index (χ3n) is 7.57. The summed E-state index contributed by atoms with van der Waals surface area (Å²) in [5.74, 6) is 2.24. The minimum Gasteiger partial charge on any atom is -0.366 e. The first-order valence-electron chi connectivity index (χ1n) is 12.0. The van der Waals surface area contributed by atoms with Crippen molar-refractivity contribution in [2.45, 2.75) is 58.0 Å². The zero-order chi connectivity index (χ0) is 21.5. The summed E-state index contributed by atoms with van der Waals surface area (Å²) in [5.41, 5.74) is 10.7. The number of piperidine rings is 2. The van der Waals surface area contributed by atoms with Crippen molar-refractivity contribution < 1.29 is 0 Å². The van der Waals surface area contributed by atoms with Crippen molar-refractivity contribution in [3.8, 4) is 0 Å². The highest BCUT2D eigenvalue weighted by atomic mass is 15.3. The lowest BCUT2D eigenvalue weighted by Crippen LogP contribution is -2.42. The monoisotopic (exact) mass is 423 g/mol. The first-order chi connectivity index (χ1) is 15.0. The number of aromatic nitrogens is 3. The summed E-state index contributed by atoms with van der Waals surface area (Å²) in [6.45, 7) is 14.2. The van der Waals surface area contributed by atoms with Crippen LogP contribution in [-0.4, -0.2) is 58.3 Å². The van der Waals surface area contributed by atoms with Gasteiger partial charge in [0.2, 0.25) is 0 Å². The van der Waals surface area contributed by atoms with E-state index in [1.165, 1.54) is 25.0 Å². The van der Waals surface area contributed by atoms with E-state index in [9.17, 15) is 0 Å². The molecule has 3 fully saturated rings. The molecule has 0 radical (unpaired) electrons. The molecule has 7 heteroatoms. The summed E-state index contributed by atoms with van der Waals surface area (Å²) >= 11 is 0. The topological polar surface area (TPSA) is 74.7 Å². The smallest absolute Gasteiger partial charge is 0.157 e. The van der Waals surface area contributed by atoms with Gasteiger partial charge < -0.3 is 20.9 Å². The molecule has 0 aromatic carbocycles. The Bertz CT molecular complexity index is 951. The van der Waals surface area contributed by atoms with Crippen LogP contribution < -0.4 is 16.0 Å². The van der Waals surface area contributed by atoms with E-state index in [0.29, 0.717) is 17.9 Å². The molecule has 3 aliphatic rings. The van der Waals surface area contributed by atoms with E-state index in [2.05, 4.69) is 47.8 Å². The number of aryl methyl sites for hydroxylation is 1. The highest BCUT2D eigenvalue weighted by Crippen LogP contribution is 2.38. The van der Waals surface area contributed by atoms with Crippen LogP contribution in [0.25, 0.3) is 5.65 Å². The van der Waals surface area contributed by atoms with Crippen molar-refractivity contribution >= 4 is 11.5 Å². The minimum atomic E-state index is 0.247. The van der Waals surface area contributed by atoms with Crippen LogP contribution in [-0.2, 0) is 0 Å². The Morgan fingerprint density at radius 2 is 2.10 bits per heavy atom. The van der Waals surface area contributed by atoms with E-state index in [4.69, 9.17) is 15.8 Å². The molecule has 168 valence electrons. The molecular formula is C24H37N7. The summed E-state index contributed by atoms with van der Waals surface area (Å²) in [6.07, 6.45) is 7.95. The van der Waals surface area contributed by atoms with Gasteiger partial charge >= 0.3 is 0 Å². The Kier molecular flexibility index (Phi) is 5.65. The third kappa shape index (κ3) is 3.94. The molecule has 4 atom stereocenters. The van der Waals surface area contributed by atoms with Gasteiger partial charge in [-0.05, 0) is 58.0 Å². The number of allylic oxidation sites excluding steroid dienone is 1. The van der Waals surface area contributed by atoms with Crippen LogP contribution in [0.5, 0.6) is 0 Å². The van der Waals surface area contributed by atoms with Crippen molar-refractivity contribution in [3.63, 3.8) is 0 Å². The van der Waals surface area contributed by atoms with Crippen molar-refractivity contribution in [2.24, 2.45) is 17.6 Å². The zero-order valence-electron chi connectivity index (χ0n) is 19.1. The highest BCUT2D eigenvalue weighted by Gasteiger charge is 2.33. The number of nitrogens with one attached hydrogen (secondary N) is 1. The molecule has 2 unspecified atom stereocenters. The summed E-state index contributed by atoms with van der Waals surface area (Å²) in [6, 6.07) is 2.74. The Labute approximate surface area is 185 Å². The van der Waals surface area contributed by atoms with Crippen LogP contribution >= 0.6 is 0 Å². The number of hydrogen-bond donors (Lipinski definition) is 2. The second-order valence-corrected chi connectivity index (χ2v) is 9.89. The number of rotatable bonds is 4. The maximum absolute atomic E-state index is 6.14. The van der Waals surface area contributed by atoms with E-state index in [1.54, 1.807) is 0 Å². The molecule has 3 aliphatic heterocycles. The number of hydrogen-bond acceptors (Lipinski definition) is 6. The minimum absolute atomic E-state index is 0.247. The molecule has 31 heavy (non-hydrogen) atoms. The third-order valence-corrected chi connectivity index (χ3v) is 7.57. The fourth-order valence-corrected chi connectivity index (χ4v) is 5.79. The lowest BCUT2D eigenvalue weighted by molar-refractivity contribution is 0.148. The fourth-order valence-electron chi connectivity index (χ4n) is 5.79. The van der Waals surface area contributed by atoms with E-state index in [0.717, 1.165) is 68.3 Å². The van der Waals surface area contributed by atoms with Crippen molar-refractivity contribution in [1.82, 2.24) is 24.8 Å². The van der Waals surface area contributed by atoms with Crippen LogP contribution in [0.15, 0.2) is 24.5 Å². The summed E-state index contributed by atoms with van der Waals surface area (Å²) in [7, 11) is 0. The number of nitrogens with two attached hydrogens (primary N) is 1. The summed E-state index contributed by atoms with van der Waals surface area (Å²) in [5, 5.41) is 8.52. The SMILES string of the molecule is C=C(C1CCNCC1C)N1CCCC[C@H]1c1cc2nc(N3CC[C@H](N)C3)c(C)cn2n1. The zero-order valence-corrected chi connectivity index (χ0v) is 19.1. The molecule has 3 saturated heterocycles. The maximum Gasteiger partial charge on any atom is 0.157 e. The average Bonchev–Trinajstić information content (AvgIpc) is 3.38. The average molecular weight is 424 g/mol. The molecule has 0 saturated carbocycles. The van der Waals surface area contributed by atoms with E-state index in [1.807, 2.05) is 4.52 Å². The van der Waals surface area contributed by atoms with Crippen molar-refractivity contribution in [1.29, 1.82) is 0 Å².